The van der Waals surface area contributed by atoms with Crippen molar-refractivity contribution in [2.75, 3.05) is 119 Å². The third-order valence-electron chi connectivity index (χ3n) is 5.26. The maximum absolute atomic E-state index is 11.6. The maximum Gasteiger partial charge on any atom is 0.307 e. The van der Waals surface area contributed by atoms with E-state index in [9.17, 15) is 9.59 Å². The van der Waals surface area contributed by atoms with Crippen molar-refractivity contribution in [1.82, 2.24) is 0 Å². The Bertz CT molecular complexity index is 535. The minimum atomic E-state index is -0.287. The summed E-state index contributed by atoms with van der Waals surface area (Å²) in [6.45, 7) is 9.81. The fourth-order valence-electron chi connectivity index (χ4n) is 3.06. The van der Waals surface area contributed by atoms with E-state index in [-0.39, 0.29) is 25.0 Å². The highest BCUT2D eigenvalue weighted by Crippen LogP contribution is 2.05. The summed E-state index contributed by atoms with van der Waals surface area (Å²) in [6, 6.07) is 0. The number of ether oxygens (including phenoxy) is 10. The summed E-state index contributed by atoms with van der Waals surface area (Å²) in [5.41, 5.74) is 0. The highest BCUT2D eigenvalue weighted by Gasteiger charge is 2.02. The number of hydrogen-bond acceptors (Lipinski definition) is 12. The Balaban J connectivity index is 3.10. The molecular weight excluding hydrogens is 528 g/mol. The Hall–Kier alpha value is -1.38. The van der Waals surface area contributed by atoms with Gasteiger partial charge in [-0.1, -0.05) is 32.6 Å². The van der Waals surface area contributed by atoms with E-state index < -0.39 is 0 Å². The standard InChI is InChI=1S/C28H54O12/c1-3-4-5-6-7-8-28(30)40-26-25-39-24-23-38-22-21-37-20-19-36-18-17-35-16-15-34-14-13-33-12-11-32-10-9-27(29)31-2/h3-26H2,1-2H3. The average molecular weight is 583 g/mol. The van der Waals surface area contributed by atoms with E-state index in [2.05, 4.69) is 11.7 Å². The van der Waals surface area contributed by atoms with Gasteiger partial charge in [0.05, 0.1) is 119 Å². The Morgan fingerprint density at radius 2 is 0.750 bits per heavy atom. The van der Waals surface area contributed by atoms with Crippen LogP contribution in [-0.4, -0.2) is 131 Å². The van der Waals surface area contributed by atoms with Crippen LogP contribution in [0.4, 0.5) is 0 Å². The van der Waals surface area contributed by atoms with Crippen molar-refractivity contribution in [3.8, 4) is 0 Å². The highest BCUT2D eigenvalue weighted by atomic mass is 16.6. The highest BCUT2D eigenvalue weighted by molar-refractivity contribution is 5.69. The Labute approximate surface area is 240 Å². The molecule has 0 fully saturated rings. The van der Waals surface area contributed by atoms with Gasteiger partial charge in [0.15, 0.2) is 0 Å². The molecule has 0 atom stereocenters. The van der Waals surface area contributed by atoms with Gasteiger partial charge in [-0.15, -0.1) is 0 Å². The van der Waals surface area contributed by atoms with E-state index >= 15 is 0 Å². The molecule has 0 aromatic carbocycles. The first-order valence-electron chi connectivity index (χ1n) is 14.5. The molecule has 238 valence electrons. The number of methoxy groups -OCH3 is 1. The fraction of sp³-hybridized carbons (Fsp3) is 0.929. The quantitative estimate of drug-likeness (QED) is 0.0834. The number of hydrogen-bond donors (Lipinski definition) is 0. The second kappa shape index (κ2) is 33.8. The molecule has 0 aliphatic heterocycles. The van der Waals surface area contributed by atoms with Crippen molar-refractivity contribution >= 4 is 11.9 Å². The predicted octanol–water partition coefficient (Wildman–Crippen LogP) is 2.59. The summed E-state index contributed by atoms with van der Waals surface area (Å²) in [7, 11) is 1.35. The molecule has 0 aromatic heterocycles. The Morgan fingerprint density at radius 3 is 1.12 bits per heavy atom. The van der Waals surface area contributed by atoms with E-state index in [1.165, 1.54) is 26.4 Å². The molecule has 0 unspecified atom stereocenters. The summed E-state index contributed by atoms with van der Waals surface area (Å²) in [6.07, 6.45) is 6.31. The first kappa shape index (κ1) is 38.6. The van der Waals surface area contributed by atoms with Crippen LogP contribution in [0.15, 0.2) is 0 Å². The van der Waals surface area contributed by atoms with Crippen molar-refractivity contribution < 1.29 is 57.0 Å². The molecule has 0 aliphatic carbocycles. The van der Waals surface area contributed by atoms with Gasteiger partial charge in [0.1, 0.15) is 6.61 Å². The smallest absolute Gasteiger partial charge is 0.307 e. The van der Waals surface area contributed by atoms with Crippen molar-refractivity contribution in [2.45, 2.75) is 51.9 Å². The Morgan fingerprint density at radius 1 is 0.400 bits per heavy atom. The van der Waals surface area contributed by atoms with Crippen LogP contribution in [0.1, 0.15) is 51.9 Å². The lowest BCUT2D eigenvalue weighted by atomic mass is 10.1. The van der Waals surface area contributed by atoms with Crippen molar-refractivity contribution in [1.29, 1.82) is 0 Å². The molecule has 0 rings (SSSR count). The zero-order chi connectivity index (χ0) is 29.2. The van der Waals surface area contributed by atoms with Crippen LogP contribution in [0.2, 0.25) is 0 Å². The average Bonchev–Trinajstić information content (AvgIpc) is 2.96. The SMILES string of the molecule is CCCCCCCC(=O)OCCOCCOCCOCCOCCOCCOCCOCCOCCC(=O)OC. The van der Waals surface area contributed by atoms with E-state index in [0.29, 0.717) is 112 Å². The first-order chi connectivity index (χ1) is 19.7. The molecule has 0 radical (unpaired) electrons. The van der Waals surface area contributed by atoms with Crippen molar-refractivity contribution in [3.63, 3.8) is 0 Å². The minimum absolute atomic E-state index is 0.150. The minimum Gasteiger partial charge on any atom is -0.469 e. The van der Waals surface area contributed by atoms with Gasteiger partial charge in [-0.05, 0) is 6.42 Å². The monoisotopic (exact) mass is 582 g/mol. The van der Waals surface area contributed by atoms with Crippen LogP contribution >= 0.6 is 0 Å². The molecule has 0 aliphatic rings. The molecule has 12 nitrogen and oxygen atoms in total. The summed E-state index contributed by atoms with van der Waals surface area (Å²) >= 11 is 0. The zero-order valence-corrected chi connectivity index (χ0v) is 24.9. The molecule has 12 heteroatoms. The van der Waals surface area contributed by atoms with E-state index in [1.807, 2.05) is 0 Å². The van der Waals surface area contributed by atoms with Gasteiger partial charge in [0.25, 0.3) is 0 Å². The maximum atomic E-state index is 11.6. The second-order valence-corrected chi connectivity index (χ2v) is 8.61. The molecule has 0 bridgehead atoms. The van der Waals surface area contributed by atoms with Gasteiger partial charge in [0, 0.05) is 6.42 Å². The second-order valence-electron chi connectivity index (χ2n) is 8.61. The molecule has 40 heavy (non-hydrogen) atoms. The van der Waals surface area contributed by atoms with Gasteiger partial charge in [-0.25, -0.2) is 0 Å². The molecule has 0 amide bonds. The largest absolute Gasteiger partial charge is 0.469 e. The third-order valence-corrected chi connectivity index (χ3v) is 5.26. The van der Waals surface area contributed by atoms with Gasteiger partial charge in [0.2, 0.25) is 0 Å². The summed E-state index contributed by atoms with van der Waals surface area (Å²) in [5, 5.41) is 0. The lowest BCUT2D eigenvalue weighted by Crippen LogP contribution is -2.15. The lowest BCUT2D eigenvalue weighted by molar-refractivity contribution is -0.145. The van der Waals surface area contributed by atoms with Crippen LogP contribution in [-0.2, 0) is 57.0 Å². The first-order valence-corrected chi connectivity index (χ1v) is 14.5. The lowest BCUT2D eigenvalue weighted by Gasteiger charge is -2.09. The molecule has 0 heterocycles. The van der Waals surface area contributed by atoms with Crippen LogP contribution in [0.5, 0.6) is 0 Å². The molecular formula is C28H54O12. The summed E-state index contributed by atoms with van der Waals surface area (Å²) in [4.78, 5) is 22.5. The predicted molar refractivity (Wildman–Crippen MR) is 148 cm³/mol. The summed E-state index contributed by atoms with van der Waals surface area (Å²) in [5.74, 6) is -0.436. The number of unbranched alkanes of at least 4 members (excludes halogenated alkanes) is 4. The molecule has 0 N–H and O–H groups in total. The van der Waals surface area contributed by atoms with E-state index in [1.54, 1.807) is 0 Å². The van der Waals surface area contributed by atoms with Gasteiger partial charge in [-0.3, -0.25) is 9.59 Å². The van der Waals surface area contributed by atoms with E-state index in [0.717, 1.165) is 12.8 Å². The number of esters is 2. The molecule has 0 aromatic rings. The van der Waals surface area contributed by atoms with Crippen molar-refractivity contribution in [3.05, 3.63) is 0 Å². The van der Waals surface area contributed by atoms with Gasteiger partial charge >= 0.3 is 11.9 Å². The molecule has 0 spiro atoms. The van der Waals surface area contributed by atoms with Crippen molar-refractivity contribution in [2.24, 2.45) is 0 Å². The van der Waals surface area contributed by atoms with E-state index in [4.69, 9.17) is 42.6 Å². The molecule has 0 saturated carbocycles. The molecule has 0 saturated heterocycles. The normalized spacial score (nSPS) is 11.2. The van der Waals surface area contributed by atoms with Crippen LogP contribution in [0.3, 0.4) is 0 Å². The number of rotatable bonds is 33. The van der Waals surface area contributed by atoms with Gasteiger partial charge < -0.3 is 47.4 Å². The fourth-order valence-corrected chi connectivity index (χ4v) is 3.06. The van der Waals surface area contributed by atoms with Gasteiger partial charge in [-0.2, -0.15) is 0 Å². The Kier molecular flexibility index (Phi) is 32.7. The topological polar surface area (TPSA) is 126 Å². The summed E-state index contributed by atoms with van der Waals surface area (Å²) < 4.78 is 52.8. The number of carbonyl (C=O) groups excluding carboxylic acids is 2. The third kappa shape index (κ3) is 32.8. The van der Waals surface area contributed by atoms with Crippen LogP contribution < -0.4 is 0 Å². The zero-order valence-electron chi connectivity index (χ0n) is 24.9. The number of carbonyl (C=O) groups is 2. The van der Waals surface area contributed by atoms with Crippen LogP contribution in [0, 0.1) is 0 Å². The van der Waals surface area contributed by atoms with Crippen LogP contribution in [0.25, 0.3) is 0 Å².